The molecule has 0 aliphatic rings. The number of nitro groups is 2. The summed E-state index contributed by atoms with van der Waals surface area (Å²) in [6, 6.07) is 0. The van der Waals surface area contributed by atoms with Gasteiger partial charge < -0.3 is 21.7 Å². The lowest BCUT2D eigenvalue weighted by Crippen LogP contribution is -2.13. The molecule has 0 spiro atoms. The zero-order valence-corrected chi connectivity index (χ0v) is 6.08. The molecule has 13 heavy (non-hydrogen) atoms. The van der Waals surface area contributed by atoms with Gasteiger partial charge in [-0.25, -0.2) is 0 Å². The van der Waals surface area contributed by atoms with E-state index in [1.54, 1.807) is 0 Å². The first-order valence-corrected chi connectivity index (χ1v) is 2.87. The average Bonchev–Trinajstić information content (AvgIpc) is 2.28. The number of aromatic nitrogens is 2. The molecule has 70 valence electrons. The van der Waals surface area contributed by atoms with Crippen LogP contribution in [0.4, 0.5) is 17.3 Å². The Morgan fingerprint density at radius 2 is 1.85 bits per heavy atom. The van der Waals surface area contributed by atoms with E-state index in [1.807, 2.05) is 0 Å². The number of hydrogen-bond acceptors (Lipinski definition) is 7. The highest BCUT2D eigenvalue weighted by molar-refractivity contribution is 5.63. The Bertz CT molecular complexity index is 381. The SMILES string of the molecule is Nc1c([N+](=O)[O-])c([N+](=O)[O-])nn1N. The summed E-state index contributed by atoms with van der Waals surface area (Å²) in [6.45, 7) is 0. The lowest BCUT2D eigenvalue weighted by molar-refractivity contribution is -0.424. The zero-order chi connectivity index (χ0) is 10.2. The molecule has 1 aromatic heterocycles. The van der Waals surface area contributed by atoms with Crippen LogP contribution in [-0.2, 0) is 0 Å². The monoisotopic (exact) mass is 188 g/mol. The predicted octanol–water partition coefficient (Wildman–Crippen LogP) is -1.00. The van der Waals surface area contributed by atoms with E-state index in [1.165, 1.54) is 0 Å². The molecule has 1 heterocycles. The third kappa shape index (κ3) is 1.19. The summed E-state index contributed by atoms with van der Waals surface area (Å²) in [6.07, 6.45) is 0. The molecular weight excluding hydrogens is 184 g/mol. The van der Waals surface area contributed by atoms with Crippen molar-refractivity contribution in [1.29, 1.82) is 0 Å². The summed E-state index contributed by atoms with van der Waals surface area (Å²) in [5.74, 6) is 3.46. The number of nitrogens with zero attached hydrogens (tertiary/aromatic N) is 4. The van der Waals surface area contributed by atoms with E-state index >= 15 is 0 Å². The molecule has 0 aliphatic carbocycles. The van der Waals surface area contributed by atoms with E-state index in [4.69, 9.17) is 11.6 Å². The fraction of sp³-hybridized carbons (Fsp3) is 0. The van der Waals surface area contributed by atoms with Crippen LogP contribution in [0.3, 0.4) is 0 Å². The Labute approximate surface area is 70.0 Å². The van der Waals surface area contributed by atoms with Crippen LogP contribution in [-0.4, -0.2) is 19.7 Å². The summed E-state index contributed by atoms with van der Waals surface area (Å²) in [7, 11) is 0. The molecule has 0 fully saturated rings. The van der Waals surface area contributed by atoms with Gasteiger partial charge in [-0.05, 0) is 4.92 Å². The van der Waals surface area contributed by atoms with E-state index in [9.17, 15) is 20.2 Å². The molecule has 1 rings (SSSR count). The smallest absolute Gasteiger partial charge is 0.375 e. The Morgan fingerprint density at radius 1 is 1.31 bits per heavy atom. The summed E-state index contributed by atoms with van der Waals surface area (Å²) >= 11 is 0. The van der Waals surface area contributed by atoms with Gasteiger partial charge in [0.2, 0.25) is 0 Å². The molecule has 0 saturated heterocycles. The van der Waals surface area contributed by atoms with Gasteiger partial charge in [0.05, 0.1) is 10.0 Å². The number of anilines is 1. The highest BCUT2D eigenvalue weighted by atomic mass is 16.6. The maximum atomic E-state index is 10.3. The Morgan fingerprint density at radius 3 is 2.15 bits per heavy atom. The maximum absolute atomic E-state index is 10.3. The first-order valence-electron chi connectivity index (χ1n) is 2.87. The van der Waals surface area contributed by atoms with Crippen LogP contribution in [0.1, 0.15) is 0 Å². The highest BCUT2D eigenvalue weighted by Gasteiger charge is 2.35. The third-order valence-corrected chi connectivity index (χ3v) is 1.26. The second-order valence-electron chi connectivity index (χ2n) is 2.02. The maximum Gasteiger partial charge on any atom is 0.472 e. The first kappa shape index (κ1) is 8.70. The molecule has 10 nitrogen and oxygen atoms in total. The molecule has 0 aliphatic heterocycles. The van der Waals surface area contributed by atoms with Crippen molar-refractivity contribution in [2.45, 2.75) is 0 Å². The van der Waals surface area contributed by atoms with Crippen LogP contribution in [0, 0.1) is 20.2 Å². The number of hydrogen-bond donors (Lipinski definition) is 2. The van der Waals surface area contributed by atoms with Crippen molar-refractivity contribution in [3.8, 4) is 0 Å². The Balaban J connectivity index is 3.44. The molecule has 0 radical (unpaired) electrons. The van der Waals surface area contributed by atoms with Crippen molar-refractivity contribution >= 4 is 17.3 Å². The molecule has 0 bridgehead atoms. The van der Waals surface area contributed by atoms with Crippen molar-refractivity contribution in [2.75, 3.05) is 11.6 Å². The van der Waals surface area contributed by atoms with E-state index in [2.05, 4.69) is 5.10 Å². The summed E-state index contributed by atoms with van der Waals surface area (Å²) < 4.78 is 0. The summed E-state index contributed by atoms with van der Waals surface area (Å²) in [5.41, 5.74) is 4.18. The van der Waals surface area contributed by atoms with Crippen LogP contribution in [0.2, 0.25) is 0 Å². The predicted molar refractivity (Wildman–Crippen MR) is 40.1 cm³/mol. The fourth-order valence-corrected chi connectivity index (χ4v) is 0.724. The molecule has 10 heteroatoms. The molecule has 0 unspecified atom stereocenters. The van der Waals surface area contributed by atoms with Gasteiger partial charge in [-0.15, -0.1) is 0 Å². The Kier molecular flexibility index (Phi) is 1.73. The van der Waals surface area contributed by atoms with E-state index in [-0.39, 0.29) is 0 Å². The van der Waals surface area contributed by atoms with E-state index < -0.39 is 27.2 Å². The van der Waals surface area contributed by atoms with Crippen LogP contribution >= 0.6 is 0 Å². The molecular formula is C3H4N6O4. The minimum absolute atomic E-state index is 0.385. The normalized spacial score (nSPS) is 9.85. The van der Waals surface area contributed by atoms with Crippen molar-refractivity contribution in [2.24, 2.45) is 0 Å². The van der Waals surface area contributed by atoms with Crippen molar-refractivity contribution < 1.29 is 9.85 Å². The van der Waals surface area contributed by atoms with Crippen LogP contribution < -0.4 is 11.6 Å². The second-order valence-corrected chi connectivity index (χ2v) is 2.02. The second kappa shape index (κ2) is 2.58. The van der Waals surface area contributed by atoms with Gasteiger partial charge in [0.25, 0.3) is 5.82 Å². The van der Waals surface area contributed by atoms with Gasteiger partial charge in [0.15, 0.2) is 0 Å². The molecule has 0 aromatic carbocycles. The van der Waals surface area contributed by atoms with Gasteiger partial charge in [-0.1, -0.05) is 4.79 Å². The fourth-order valence-electron chi connectivity index (χ4n) is 0.724. The third-order valence-electron chi connectivity index (χ3n) is 1.26. The lowest BCUT2D eigenvalue weighted by Gasteiger charge is -1.87. The topological polar surface area (TPSA) is 156 Å². The van der Waals surface area contributed by atoms with Crippen molar-refractivity contribution in [3.63, 3.8) is 0 Å². The lowest BCUT2D eigenvalue weighted by atomic mass is 10.5. The Hall–Kier alpha value is -2.39. The minimum atomic E-state index is -1.03. The molecule has 0 saturated carbocycles. The number of nitrogen functional groups attached to an aromatic ring is 2. The van der Waals surface area contributed by atoms with Crippen molar-refractivity contribution in [1.82, 2.24) is 9.89 Å². The van der Waals surface area contributed by atoms with Crippen LogP contribution in [0.15, 0.2) is 0 Å². The number of rotatable bonds is 2. The average molecular weight is 188 g/mol. The van der Waals surface area contributed by atoms with Crippen LogP contribution in [0.25, 0.3) is 0 Å². The summed E-state index contributed by atoms with van der Waals surface area (Å²) in [5, 5.41) is 23.5. The van der Waals surface area contributed by atoms with E-state index in [0.717, 1.165) is 0 Å². The van der Waals surface area contributed by atoms with Gasteiger partial charge in [-0.2, -0.15) is 0 Å². The number of nitrogens with two attached hydrogens (primary N) is 2. The van der Waals surface area contributed by atoms with E-state index in [0.29, 0.717) is 4.79 Å². The zero-order valence-electron chi connectivity index (χ0n) is 6.08. The van der Waals surface area contributed by atoms with Gasteiger partial charge in [0.1, 0.15) is 0 Å². The first-order chi connectivity index (χ1) is 5.95. The van der Waals surface area contributed by atoms with Gasteiger partial charge >= 0.3 is 11.5 Å². The molecule has 4 N–H and O–H groups in total. The van der Waals surface area contributed by atoms with Crippen LogP contribution in [0.5, 0.6) is 0 Å². The molecule has 0 atom stereocenters. The highest BCUT2D eigenvalue weighted by Crippen LogP contribution is 2.30. The summed E-state index contributed by atoms with van der Waals surface area (Å²) in [4.78, 5) is 18.8. The van der Waals surface area contributed by atoms with Gasteiger partial charge in [0, 0.05) is 0 Å². The quantitative estimate of drug-likeness (QED) is 0.342. The molecule has 0 amide bonds. The van der Waals surface area contributed by atoms with Crippen molar-refractivity contribution in [3.05, 3.63) is 20.2 Å². The molecule has 1 aromatic rings. The largest absolute Gasteiger partial charge is 0.472 e. The standard InChI is InChI=1S/C3H4N6O4/c4-2-1(8(10)11)3(9(12)13)6-7(2)5/h4-5H2. The minimum Gasteiger partial charge on any atom is -0.375 e. The van der Waals surface area contributed by atoms with Gasteiger partial charge in [-0.3, -0.25) is 10.1 Å².